The van der Waals surface area contributed by atoms with Gasteiger partial charge in [0.2, 0.25) is 10.0 Å². The first-order chi connectivity index (χ1) is 10.0. The average molecular weight is 329 g/mol. The molecule has 0 spiro atoms. The summed E-state index contributed by atoms with van der Waals surface area (Å²) in [6.07, 6.45) is 2.60. The fraction of sp³-hybridized carbons (Fsp3) is 0.625. The third-order valence-corrected chi connectivity index (χ3v) is 6.76. The van der Waals surface area contributed by atoms with Gasteiger partial charge in [-0.15, -0.1) is 0 Å². The Morgan fingerprint density at radius 2 is 1.82 bits per heavy atom. The summed E-state index contributed by atoms with van der Waals surface area (Å²) in [5.41, 5.74) is 0.0496. The van der Waals surface area contributed by atoms with Crippen LogP contribution < -0.4 is 0 Å². The van der Waals surface area contributed by atoms with Crippen molar-refractivity contribution in [3.63, 3.8) is 0 Å². The van der Waals surface area contributed by atoms with Crippen LogP contribution in [0.3, 0.4) is 0 Å². The van der Waals surface area contributed by atoms with E-state index in [9.17, 15) is 17.2 Å². The van der Waals surface area contributed by atoms with Crippen LogP contribution in [-0.2, 0) is 10.0 Å². The SMILES string of the molecule is CC1(C)C[C@H]2C[C@@](C)(CN2S(=O)(=O)c2ccc(F)c(F)c2)C1. The van der Waals surface area contributed by atoms with Crippen molar-refractivity contribution < 1.29 is 17.2 Å². The second-order valence-electron chi connectivity index (χ2n) is 7.84. The van der Waals surface area contributed by atoms with Crippen molar-refractivity contribution in [3.8, 4) is 0 Å². The highest BCUT2D eigenvalue weighted by molar-refractivity contribution is 7.89. The molecule has 0 radical (unpaired) electrons. The van der Waals surface area contributed by atoms with Gasteiger partial charge in [-0.25, -0.2) is 17.2 Å². The molecular formula is C16H21F2NO2S. The van der Waals surface area contributed by atoms with E-state index in [1.807, 2.05) is 0 Å². The molecule has 0 N–H and O–H groups in total. The third kappa shape index (κ3) is 2.56. The first-order valence-corrected chi connectivity index (χ1v) is 8.93. The smallest absolute Gasteiger partial charge is 0.207 e. The molecule has 0 unspecified atom stereocenters. The van der Waals surface area contributed by atoms with Gasteiger partial charge in [0.05, 0.1) is 4.90 Å². The first-order valence-electron chi connectivity index (χ1n) is 7.49. The van der Waals surface area contributed by atoms with Gasteiger partial charge >= 0.3 is 0 Å². The van der Waals surface area contributed by atoms with E-state index in [4.69, 9.17) is 0 Å². The number of benzene rings is 1. The van der Waals surface area contributed by atoms with Gasteiger partial charge in [0.15, 0.2) is 11.6 Å². The Kier molecular flexibility index (Phi) is 3.42. The summed E-state index contributed by atoms with van der Waals surface area (Å²) in [5, 5.41) is 0. The van der Waals surface area contributed by atoms with Crippen molar-refractivity contribution in [1.29, 1.82) is 0 Å². The molecule has 1 aromatic rings. The minimum Gasteiger partial charge on any atom is -0.207 e. The summed E-state index contributed by atoms with van der Waals surface area (Å²) in [6, 6.07) is 2.73. The molecule has 2 fully saturated rings. The number of nitrogens with zero attached hydrogens (tertiary/aromatic N) is 1. The predicted molar refractivity (Wildman–Crippen MR) is 79.8 cm³/mol. The van der Waals surface area contributed by atoms with E-state index < -0.39 is 21.7 Å². The summed E-state index contributed by atoms with van der Waals surface area (Å²) in [5.74, 6) is -2.16. The van der Waals surface area contributed by atoms with E-state index in [-0.39, 0.29) is 21.8 Å². The Labute approximate surface area is 130 Å². The largest absolute Gasteiger partial charge is 0.243 e. The van der Waals surface area contributed by atoms with Crippen LogP contribution in [0.25, 0.3) is 0 Å². The van der Waals surface area contributed by atoms with E-state index in [0.29, 0.717) is 6.54 Å². The summed E-state index contributed by atoms with van der Waals surface area (Å²) < 4.78 is 53.6. The van der Waals surface area contributed by atoms with Crippen LogP contribution >= 0.6 is 0 Å². The molecule has 122 valence electrons. The molecular weight excluding hydrogens is 308 g/mol. The van der Waals surface area contributed by atoms with Crippen LogP contribution in [0.1, 0.15) is 40.0 Å². The van der Waals surface area contributed by atoms with E-state index in [2.05, 4.69) is 20.8 Å². The van der Waals surface area contributed by atoms with Crippen LogP contribution in [0.2, 0.25) is 0 Å². The van der Waals surface area contributed by atoms with Gasteiger partial charge < -0.3 is 0 Å². The second kappa shape index (κ2) is 4.74. The minimum absolute atomic E-state index is 0.0436. The third-order valence-electron chi connectivity index (χ3n) is 4.86. The molecule has 6 heteroatoms. The van der Waals surface area contributed by atoms with E-state index in [1.54, 1.807) is 0 Å². The van der Waals surface area contributed by atoms with Crippen molar-refractivity contribution in [1.82, 2.24) is 4.31 Å². The molecule has 0 amide bonds. The van der Waals surface area contributed by atoms with Crippen molar-refractivity contribution in [2.45, 2.75) is 51.0 Å². The molecule has 0 aromatic heterocycles. The number of hydrogen-bond acceptors (Lipinski definition) is 2. The molecule has 1 aromatic carbocycles. The molecule has 1 heterocycles. The molecule has 2 aliphatic rings. The standard InChI is InChI=1S/C16H21F2NO2S/c1-15(2)7-11-8-16(3,9-15)10-19(11)22(20,21)12-4-5-13(17)14(18)6-12/h4-6,11H,7-10H2,1-3H3/t11-,16+/m0/s1. The first kappa shape index (κ1) is 15.9. The van der Waals surface area contributed by atoms with Crippen LogP contribution in [0.5, 0.6) is 0 Å². The van der Waals surface area contributed by atoms with Gasteiger partial charge in [-0.1, -0.05) is 20.8 Å². The Morgan fingerprint density at radius 3 is 2.45 bits per heavy atom. The van der Waals surface area contributed by atoms with Crippen molar-refractivity contribution in [2.75, 3.05) is 6.54 Å². The predicted octanol–water partition coefficient (Wildman–Crippen LogP) is 3.55. The van der Waals surface area contributed by atoms with E-state index in [1.165, 1.54) is 4.31 Å². The highest BCUT2D eigenvalue weighted by Gasteiger charge is 2.53. The summed E-state index contributed by atoms with van der Waals surface area (Å²) >= 11 is 0. The lowest BCUT2D eigenvalue weighted by Crippen LogP contribution is -2.37. The normalized spacial score (nSPS) is 31.4. The topological polar surface area (TPSA) is 37.4 Å². The summed E-state index contributed by atoms with van der Waals surface area (Å²) in [7, 11) is -3.79. The molecule has 1 saturated carbocycles. The molecule has 1 aliphatic carbocycles. The zero-order chi connectivity index (χ0) is 16.3. The fourth-order valence-electron chi connectivity index (χ4n) is 4.46. The molecule has 3 nitrogen and oxygen atoms in total. The van der Waals surface area contributed by atoms with E-state index >= 15 is 0 Å². The average Bonchev–Trinajstić information content (AvgIpc) is 2.62. The maximum atomic E-state index is 13.4. The van der Waals surface area contributed by atoms with Crippen LogP contribution in [0.4, 0.5) is 8.78 Å². The summed E-state index contributed by atoms with van der Waals surface area (Å²) in [6.45, 7) is 6.88. The molecule has 2 bridgehead atoms. The lowest BCUT2D eigenvalue weighted by molar-refractivity contribution is 0.133. The van der Waals surface area contributed by atoms with Crippen molar-refractivity contribution >= 4 is 10.0 Å². The van der Waals surface area contributed by atoms with Gasteiger partial charge in [-0.05, 0) is 48.3 Å². The maximum absolute atomic E-state index is 13.4. The van der Waals surface area contributed by atoms with Crippen LogP contribution in [0, 0.1) is 22.5 Å². The maximum Gasteiger partial charge on any atom is 0.243 e. The Bertz CT molecular complexity index is 717. The number of halogens is 2. The number of sulfonamides is 1. The number of rotatable bonds is 2. The van der Waals surface area contributed by atoms with Crippen LogP contribution in [0.15, 0.2) is 23.1 Å². The Hall–Kier alpha value is -1.01. The summed E-state index contributed by atoms with van der Waals surface area (Å²) in [4.78, 5) is -0.166. The van der Waals surface area contributed by atoms with Crippen molar-refractivity contribution in [3.05, 3.63) is 29.8 Å². The molecule has 2 atom stereocenters. The lowest BCUT2D eigenvalue weighted by Gasteiger charge is -2.39. The Balaban J connectivity index is 1.98. The molecule has 22 heavy (non-hydrogen) atoms. The van der Waals surface area contributed by atoms with Crippen LogP contribution in [-0.4, -0.2) is 25.3 Å². The zero-order valence-corrected chi connectivity index (χ0v) is 13.9. The van der Waals surface area contributed by atoms with Gasteiger partial charge in [0.1, 0.15) is 0 Å². The fourth-order valence-corrected chi connectivity index (χ4v) is 6.25. The second-order valence-corrected chi connectivity index (χ2v) is 9.73. The monoisotopic (exact) mass is 329 g/mol. The highest BCUT2D eigenvalue weighted by Crippen LogP contribution is 2.53. The van der Waals surface area contributed by atoms with Gasteiger partial charge in [0.25, 0.3) is 0 Å². The van der Waals surface area contributed by atoms with Crippen molar-refractivity contribution in [2.24, 2.45) is 10.8 Å². The lowest BCUT2D eigenvalue weighted by atomic mass is 9.65. The number of hydrogen-bond donors (Lipinski definition) is 0. The number of fused-ring (bicyclic) bond motifs is 2. The minimum atomic E-state index is -3.79. The van der Waals surface area contributed by atoms with E-state index in [0.717, 1.165) is 37.5 Å². The van der Waals surface area contributed by atoms with Gasteiger partial charge in [-0.2, -0.15) is 4.31 Å². The molecule has 1 saturated heterocycles. The molecule has 3 rings (SSSR count). The molecule has 1 aliphatic heterocycles. The van der Waals surface area contributed by atoms with Gasteiger partial charge in [-0.3, -0.25) is 0 Å². The highest BCUT2D eigenvalue weighted by atomic mass is 32.2. The Morgan fingerprint density at radius 1 is 1.14 bits per heavy atom. The zero-order valence-electron chi connectivity index (χ0n) is 13.1. The quantitative estimate of drug-likeness (QED) is 0.832. The van der Waals surface area contributed by atoms with Gasteiger partial charge in [0, 0.05) is 12.6 Å².